The summed E-state index contributed by atoms with van der Waals surface area (Å²) in [4.78, 5) is 23.0. The van der Waals surface area contributed by atoms with Gasteiger partial charge < -0.3 is 15.5 Å². The fraction of sp³-hybridized carbons (Fsp3) is 0.429. The van der Waals surface area contributed by atoms with Crippen LogP contribution in [0.4, 0.5) is 10.6 Å². The number of carbonyl (C=O) groups excluding carboxylic acids is 1. The number of fused-ring (bicyclic) bond motifs is 1. The molecule has 1 unspecified atom stereocenters. The Balaban J connectivity index is 1.48. The van der Waals surface area contributed by atoms with Gasteiger partial charge in [-0.1, -0.05) is 0 Å². The second-order valence-corrected chi connectivity index (χ2v) is 8.42. The first kappa shape index (κ1) is 19.2. The number of anilines is 1. The molecule has 1 atom stereocenters. The molecule has 0 aromatic carbocycles. The molecule has 3 aromatic rings. The van der Waals surface area contributed by atoms with E-state index in [0.29, 0.717) is 6.54 Å². The third-order valence-corrected chi connectivity index (χ3v) is 4.98. The molecule has 4 rings (SSSR count). The summed E-state index contributed by atoms with van der Waals surface area (Å²) in [6.45, 7) is 7.44. The molecule has 0 aliphatic carbocycles. The van der Waals surface area contributed by atoms with Crippen LogP contribution in [0.1, 0.15) is 33.6 Å². The number of pyridine rings is 1. The first-order valence-corrected chi connectivity index (χ1v) is 9.98. The van der Waals surface area contributed by atoms with Crippen molar-refractivity contribution in [2.45, 2.75) is 45.2 Å². The summed E-state index contributed by atoms with van der Waals surface area (Å²) in [6, 6.07) is 7.90. The number of carbonyl (C=O) groups is 1. The topological polar surface area (TPSA) is 87.5 Å². The highest BCUT2D eigenvalue weighted by Crippen LogP contribution is 2.21. The highest BCUT2D eigenvalue weighted by molar-refractivity contribution is 5.75. The zero-order valence-electron chi connectivity index (χ0n) is 17.1. The van der Waals surface area contributed by atoms with E-state index in [1.807, 2.05) is 60.6 Å². The van der Waals surface area contributed by atoms with Gasteiger partial charge in [0.25, 0.3) is 0 Å². The van der Waals surface area contributed by atoms with Crippen molar-refractivity contribution in [3.8, 4) is 11.3 Å². The minimum absolute atomic E-state index is 0.000191. The number of nitrogens with zero attached hydrogens (tertiary/aromatic N) is 5. The van der Waals surface area contributed by atoms with E-state index in [2.05, 4.69) is 20.6 Å². The Morgan fingerprint density at radius 1 is 1.21 bits per heavy atom. The Bertz CT molecular complexity index is 993. The number of nitrogens with one attached hydrogen (secondary N) is 2. The van der Waals surface area contributed by atoms with Crippen LogP contribution in [0.5, 0.6) is 0 Å². The monoisotopic (exact) mass is 393 g/mol. The summed E-state index contributed by atoms with van der Waals surface area (Å²) in [5.41, 5.74) is 2.47. The predicted octanol–water partition coefficient (Wildman–Crippen LogP) is 3.18. The maximum Gasteiger partial charge on any atom is 0.318 e. The van der Waals surface area contributed by atoms with Crippen LogP contribution in [-0.4, -0.2) is 55.2 Å². The summed E-state index contributed by atoms with van der Waals surface area (Å²) < 4.78 is 1.83. The standard InChI is InChI=1S/C21H27N7O/c1-21(2,3)25-20(29)27-12-4-5-16(27)13-23-18-6-7-19-24-14-17(28(19)26-18)15-8-10-22-11-9-15/h6-11,14,16H,4-5,12-13H2,1-3H3,(H,23,26)(H,25,29). The largest absolute Gasteiger partial charge is 0.367 e. The lowest BCUT2D eigenvalue weighted by molar-refractivity contribution is 0.185. The lowest BCUT2D eigenvalue weighted by Crippen LogP contribution is -2.51. The molecule has 0 spiro atoms. The van der Waals surface area contributed by atoms with Crippen molar-refractivity contribution in [3.05, 3.63) is 42.9 Å². The van der Waals surface area contributed by atoms with Crippen molar-refractivity contribution >= 4 is 17.5 Å². The van der Waals surface area contributed by atoms with Crippen molar-refractivity contribution in [1.82, 2.24) is 29.8 Å². The molecule has 8 heteroatoms. The average Bonchev–Trinajstić information content (AvgIpc) is 3.32. The maximum absolute atomic E-state index is 12.6. The molecule has 4 heterocycles. The van der Waals surface area contributed by atoms with E-state index < -0.39 is 0 Å². The quantitative estimate of drug-likeness (QED) is 0.711. The fourth-order valence-corrected chi connectivity index (χ4v) is 3.62. The van der Waals surface area contributed by atoms with E-state index in [1.54, 1.807) is 12.4 Å². The average molecular weight is 393 g/mol. The molecule has 1 aliphatic heterocycles. The number of aromatic nitrogens is 4. The highest BCUT2D eigenvalue weighted by atomic mass is 16.2. The smallest absolute Gasteiger partial charge is 0.318 e. The summed E-state index contributed by atoms with van der Waals surface area (Å²) in [5, 5.41) is 11.2. The van der Waals surface area contributed by atoms with E-state index in [-0.39, 0.29) is 17.6 Å². The highest BCUT2D eigenvalue weighted by Gasteiger charge is 2.30. The van der Waals surface area contributed by atoms with E-state index in [0.717, 1.165) is 42.1 Å². The summed E-state index contributed by atoms with van der Waals surface area (Å²) in [7, 11) is 0. The molecule has 1 saturated heterocycles. The number of hydrogen-bond acceptors (Lipinski definition) is 5. The van der Waals surface area contributed by atoms with Crippen molar-refractivity contribution in [3.63, 3.8) is 0 Å². The minimum Gasteiger partial charge on any atom is -0.367 e. The van der Waals surface area contributed by atoms with Gasteiger partial charge >= 0.3 is 6.03 Å². The van der Waals surface area contributed by atoms with Crippen LogP contribution in [0.3, 0.4) is 0 Å². The number of rotatable bonds is 4. The fourth-order valence-electron chi connectivity index (χ4n) is 3.62. The lowest BCUT2D eigenvalue weighted by atomic mass is 10.1. The van der Waals surface area contributed by atoms with Gasteiger partial charge in [-0.25, -0.2) is 14.3 Å². The third-order valence-electron chi connectivity index (χ3n) is 4.98. The first-order valence-electron chi connectivity index (χ1n) is 9.98. The zero-order chi connectivity index (χ0) is 20.4. The van der Waals surface area contributed by atoms with E-state index in [4.69, 9.17) is 5.10 Å². The molecule has 1 fully saturated rings. The summed E-state index contributed by atoms with van der Waals surface area (Å²) in [5.74, 6) is 0.758. The molecule has 2 N–H and O–H groups in total. The van der Waals surface area contributed by atoms with Crippen LogP contribution in [0, 0.1) is 0 Å². The van der Waals surface area contributed by atoms with Crippen LogP contribution in [0.2, 0.25) is 0 Å². The SMILES string of the molecule is CC(C)(C)NC(=O)N1CCCC1CNc1ccc2ncc(-c3ccncc3)n2n1. The van der Waals surface area contributed by atoms with E-state index in [9.17, 15) is 4.79 Å². The molecule has 8 nitrogen and oxygen atoms in total. The Kier molecular flexibility index (Phi) is 5.08. The Morgan fingerprint density at radius 2 is 2.00 bits per heavy atom. The van der Waals surface area contributed by atoms with E-state index >= 15 is 0 Å². The normalized spacial score (nSPS) is 16.9. The van der Waals surface area contributed by atoms with Gasteiger partial charge in [0.2, 0.25) is 0 Å². The van der Waals surface area contributed by atoms with Gasteiger partial charge in [-0.05, 0) is 57.9 Å². The van der Waals surface area contributed by atoms with Crippen LogP contribution in [0.15, 0.2) is 42.9 Å². The number of likely N-dealkylation sites (tertiary alicyclic amines) is 1. The van der Waals surface area contributed by atoms with Gasteiger partial charge in [-0.3, -0.25) is 4.98 Å². The van der Waals surface area contributed by atoms with Gasteiger partial charge in [0.1, 0.15) is 5.82 Å². The van der Waals surface area contributed by atoms with Crippen LogP contribution >= 0.6 is 0 Å². The molecule has 0 bridgehead atoms. The van der Waals surface area contributed by atoms with Gasteiger partial charge in [0, 0.05) is 36.6 Å². The number of amides is 2. The van der Waals surface area contributed by atoms with Crippen LogP contribution < -0.4 is 10.6 Å². The lowest BCUT2D eigenvalue weighted by Gasteiger charge is -2.29. The van der Waals surface area contributed by atoms with Crippen molar-refractivity contribution in [2.75, 3.05) is 18.4 Å². The Hall–Kier alpha value is -3.16. The Labute approximate surface area is 170 Å². The van der Waals surface area contributed by atoms with Gasteiger partial charge in [0.05, 0.1) is 17.9 Å². The summed E-state index contributed by atoms with van der Waals surface area (Å²) >= 11 is 0. The second kappa shape index (κ2) is 7.69. The van der Waals surface area contributed by atoms with Crippen molar-refractivity contribution in [1.29, 1.82) is 0 Å². The van der Waals surface area contributed by atoms with Gasteiger partial charge in [-0.15, -0.1) is 5.10 Å². The van der Waals surface area contributed by atoms with Crippen molar-refractivity contribution < 1.29 is 4.79 Å². The predicted molar refractivity (Wildman–Crippen MR) is 113 cm³/mol. The Morgan fingerprint density at radius 3 is 2.76 bits per heavy atom. The van der Waals surface area contributed by atoms with Crippen LogP contribution in [-0.2, 0) is 0 Å². The molecule has 1 aliphatic rings. The number of hydrogen-bond donors (Lipinski definition) is 2. The number of imidazole rings is 1. The molecular weight excluding hydrogens is 366 g/mol. The minimum atomic E-state index is -0.241. The zero-order valence-corrected chi connectivity index (χ0v) is 17.1. The van der Waals surface area contributed by atoms with Gasteiger partial charge in [0.15, 0.2) is 5.65 Å². The van der Waals surface area contributed by atoms with Crippen molar-refractivity contribution in [2.24, 2.45) is 0 Å². The third kappa shape index (κ3) is 4.31. The molecule has 3 aromatic heterocycles. The first-order chi connectivity index (χ1) is 13.9. The van der Waals surface area contributed by atoms with Crippen LogP contribution in [0.25, 0.3) is 16.9 Å². The van der Waals surface area contributed by atoms with E-state index in [1.165, 1.54) is 0 Å². The number of urea groups is 1. The molecule has 0 radical (unpaired) electrons. The summed E-state index contributed by atoms with van der Waals surface area (Å²) in [6.07, 6.45) is 7.34. The molecule has 152 valence electrons. The second-order valence-electron chi connectivity index (χ2n) is 8.42. The van der Waals surface area contributed by atoms with Gasteiger partial charge in [-0.2, -0.15) is 0 Å². The molecule has 29 heavy (non-hydrogen) atoms. The maximum atomic E-state index is 12.6. The molecule has 0 saturated carbocycles. The molecule has 2 amide bonds. The molecular formula is C21H27N7O.